The molecule has 0 radical (unpaired) electrons. The molecule has 25 heavy (non-hydrogen) atoms. The molecule has 1 N–H and O–H groups in total. The van der Waals surface area contributed by atoms with E-state index in [1.54, 1.807) is 24.3 Å². The molecule has 0 bridgehead atoms. The molecule has 0 unspecified atom stereocenters. The van der Waals surface area contributed by atoms with Crippen molar-refractivity contribution < 1.29 is 17.7 Å². The molecule has 0 saturated carbocycles. The number of nitrogens with zero attached hydrogens (tertiary/aromatic N) is 4. The van der Waals surface area contributed by atoms with Gasteiger partial charge in [-0.3, -0.25) is 0 Å². The van der Waals surface area contributed by atoms with E-state index in [0.717, 1.165) is 17.8 Å². The molecule has 0 aliphatic rings. The summed E-state index contributed by atoms with van der Waals surface area (Å²) in [6.45, 7) is 0.240. The Balaban J connectivity index is 1.59. The van der Waals surface area contributed by atoms with E-state index in [-0.39, 0.29) is 12.5 Å². The van der Waals surface area contributed by atoms with Crippen LogP contribution in [0.4, 0.5) is 19.1 Å². The minimum absolute atomic E-state index is 0.118. The summed E-state index contributed by atoms with van der Waals surface area (Å²) in [5, 5.41) is 7.14. The first-order valence-electron chi connectivity index (χ1n) is 7.14. The molecule has 0 spiro atoms. The van der Waals surface area contributed by atoms with Crippen molar-refractivity contribution in [2.45, 2.75) is 12.6 Å². The van der Waals surface area contributed by atoms with Gasteiger partial charge in [-0.2, -0.15) is 18.2 Å². The number of halogens is 4. The first-order chi connectivity index (χ1) is 11.9. The van der Waals surface area contributed by atoms with Crippen LogP contribution in [0.3, 0.4) is 0 Å². The van der Waals surface area contributed by atoms with Crippen molar-refractivity contribution in [3.63, 3.8) is 0 Å². The highest BCUT2D eigenvalue weighted by molar-refractivity contribution is 6.30. The molecule has 10 heteroatoms. The van der Waals surface area contributed by atoms with Gasteiger partial charge in [-0.05, 0) is 30.3 Å². The van der Waals surface area contributed by atoms with E-state index >= 15 is 0 Å². The van der Waals surface area contributed by atoms with Crippen LogP contribution in [-0.2, 0) is 12.6 Å². The number of benzene rings is 1. The average Bonchev–Trinajstić information content (AvgIpc) is 3.04. The molecule has 130 valence electrons. The van der Waals surface area contributed by atoms with Gasteiger partial charge in [0.05, 0.1) is 0 Å². The van der Waals surface area contributed by atoms with Gasteiger partial charge in [-0.15, -0.1) is 0 Å². The van der Waals surface area contributed by atoms with Gasteiger partial charge in [0.25, 0.3) is 0 Å². The van der Waals surface area contributed by atoms with Crippen LogP contribution in [0.25, 0.3) is 11.4 Å². The largest absolute Gasteiger partial charge is 0.433 e. The molecule has 0 amide bonds. The van der Waals surface area contributed by atoms with Crippen LogP contribution in [0.2, 0.25) is 5.02 Å². The first kappa shape index (κ1) is 17.2. The minimum Gasteiger partial charge on any atom is -0.354 e. The predicted octanol–water partition coefficient (Wildman–Crippen LogP) is 3.85. The van der Waals surface area contributed by atoms with E-state index in [0.29, 0.717) is 23.2 Å². The number of anilines is 1. The third kappa shape index (κ3) is 4.44. The second-order valence-electron chi connectivity index (χ2n) is 4.96. The molecule has 3 rings (SSSR count). The molecule has 2 heterocycles. The summed E-state index contributed by atoms with van der Waals surface area (Å²) in [6.07, 6.45) is -3.16. The average molecular weight is 370 g/mol. The van der Waals surface area contributed by atoms with Gasteiger partial charge in [0, 0.05) is 29.7 Å². The summed E-state index contributed by atoms with van der Waals surface area (Å²) < 4.78 is 42.9. The Bertz CT molecular complexity index is 851. The van der Waals surface area contributed by atoms with Gasteiger partial charge in [0.1, 0.15) is 5.69 Å². The standard InChI is InChI=1S/C15H11ClF3N5O/c16-10-3-1-9(2-4-10)13-23-12(25-24-13)6-8-21-14-20-7-5-11(22-14)15(17,18)19/h1-5,7H,6,8H2,(H,20,21,22). The molecule has 0 aliphatic carbocycles. The van der Waals surface area contributed by atoms with Gasteiger partial charge in [-0.25, -0.2) is 9.97 Å². The SMILES string of the molecule is FC(F)(F)c1ccnc(NCCc2nc(-c3ccc(Cl)cc3)no2)n1. The van der Waals surface area contributed by atoms with E-state index in [4.69, 9.17) is 16.1 Å². The molecule has 0 aliphatic heterocycles. The van der Waals surface area contributed by atoms with Gasteiger partial charge >= 0.3 is 6.18 Å². The molecule has 0 fully saturated rings. The van der Waals surface area contributed by atoms with Gasteiger partial charge in [0.15, 0.2) is 0 Å². The third-order valence-electron chi connectivity index (χ3n) is 3.14. The second-order valence-corrected chi connectivity index (χ2v) is 5.40. The van der Waals surface area contributed by atoms with Crippen LogP contribution >= 0.6 is 11.6 Å². The number of hydrogen-bond acceptors (Lipinski definition) is 6. The molecule has 3 aromatic rings. The lowest BCUT2D eigenvalue weighted by molar-refractivity contribution is -0.141. The summed E-state index contributed by atoms with van der Waals surface area (Å²) in [5.41, 5.74) is -0.263. The number of hydrogen-bond donors (Lipinski definition) is 1. The van der Waals surface area contributed by atoms with Gasteiger partial charge in [0.2, 0.25) is 17.7 Å². The molecule has 0 atom stereocenters. The van der Waals surface area contributed by atoms with E-state index in [1.807, 2.05) is 0 Å². The highest BCUT2D eigenvalue weighted by atomic mass is 35.5. The summed E-state index contributed by atoms with van der Waals surface area (Å²) in [7, 11) is 0. The summed E-state index contributed by atoms with van der Waals surface area (Å²) in [5.74, 6) is 0.624. The monoisotopic (exact) mass is 369 g/mol. The van der Waals surface area contributed by atoms with E-state index < -0.39 is 11.9 Å². The lowest BCUT2D eigenvalue weighted by Crippen LogP contribution is -2.13. The molecule has 6 nitrogen and oxygen atoms in total. The molecule has 1 aromatic carbocycles. The van der Waals surface area contributed by atoms with Gasteiger partial charge < -0.3 is 9.84 Å². The Hall–Kier alpha value is -2.68. The Morgan fingerprint density at radius 3 is 2.56 bits per heavy atom. The van der Waals surface area contributed by atoms with E-state index in [2.05, 4.69) is 25.4 Å². The highest BCUT2D eigenvalue weighted by Gasteiger charge is 2.32. The lowest BCUT2D eigenvalue weighted by Gasteiger charge is -2.07. The smallest absolute Gasteiger partial charge is 0.354 e. The first-order valence-corrected chi connectivity index (χ1v) is 7.52. The van der Waals surface area contributed by atoms with Crippen molar-refractivity contribution in [2.24, 2.45) is 0 Å². The van der Waals surface area contributed by atoms with E-state index in [9.17, 15) is 13.2 Å². The number of rotatable bonds is 5. The van der Waals surface area contributed by atoms with Crippen LogP contribution in [-0.4, -0.2) is 26.7 Å². The van der Waals surface area contributed by atoms with Crippen LogP contribution in [0.15, 0.2) is 41.1 Å². The third-order valence-corrected chi connectivity index (χ3v) is 3.39. The highest BCUT2D eigenvalue weighted by Crippen LogP contribution is 2.27. The van der Waals surface area contributed by atoms with Crippen LogP contribution in [0.5, 0.6) is 0 Å². The Kier molecular flexibility index (Phi) is 4.84. The zero-order valence-corrected chi connectivity index (χ0v) is 13.3. The Morgan fingerprint density at radius 1 is 1.08 bits per heavy atom. The molecular weight excluding hydrogens is 359 g/mol. The van der Waals surface area contributed by atoms with Crippen molar-refractivity contribution in [1.82, 2.24) is 20.1 Å². The fourth-order valence-corrected chi connectivity index (χ4v) is 2.08. The second kappa shape index (κ2) is 7.06. The van der Waals surface area contributed by atoms with Crippen molar-refractivity contribution in [3.05, 3.63) is 53.1 Å². The van der Waals surface area contributed by atoms with Crippen molar-refractivity contribution in [2.75, 3.05) is 11.9 Å². The van der Waals surface area contributed by atoms with Crippen molar-refractivity contribution >= 4 is 17.5 Å². The molecular formula is C15H11ClF3N5O. The zero-order chi connectivity index (χ0) is 17.9. The Morgan fingerprint density at radius 2 is 1.84 bits per heavy atom. The van der Waals surface area contributed by atoms with Crippen LogP contribution in [0.1, 0.15) is 11.6 Å². The van der Waals surface area contributed by atoms with Crippen LogP contribution < -0.4 is 5.32 Å². The maximum atomic E-state index is 12.6. The number of aromatic nitrogens is 4. The minimum atomic E-state index is -4.51. The summed E-state index contributed by atoms with van der Waals surface area (Å²) in [6, 6.07) is 7.73. The Labute approximate surface area is 145 Å². The fourth-order valence-electron chi connectivity index (χ4n) is 1.96. The molecule has 0 saturated heterocycles. The molecule has 2 aromatic heterocycles. The normalized spacial score (nSPS) is 11.5. The summed E-state index contributed by atoms with van der Waals surface area (Å²) in [4.78, 5) is 11.4. The van der Waals surface area contributed by atoms with E-state index in [1.165, 1.54) is 0 Å². The van der Waals surface area contributed by atoms with Crippen LogP contribution in [0, 0.1) is 0 Å². The topological polar surface area (TPSA) is 76.7 Å². The predicted molar refractivity (Wildman–Crippen MR) is 84.0 cm³/mol. The fraction of sp³-hybridized carbons (Fsp3) is 0.200. The van der Waals surface area contributed by atoms with Crippen molar-refractivity contribution in [3.8, 4) is 11.4 Å². The zero-order valence-electron chi connectivity index (χ0n) is 12.6. The maximum Gasteiger partial charge on any atom is 0.433 e. The van der Waals surface area contributed by atoms with Gasteiger partial charge in [-0.1, -0.05) is 16.8 Å². The number of alkyl halides is 3. The maximum absolute atomic E-state index is 12.6. The lowest BCUT2D eigenvalue weighted by atomic mass is 10.2. The van der Waals surface area contributed by atoms with Crippen molar-refractivity contribution in [1.29, 1.82) is 0 Å². The number of nitrogens with one attached hydrogen (secondary N) is 1. The quantitative estimate of drug-likeness (QED) is 0.736. The summed E-state index contributed by atoms with van der Waals surface area (Å²) >= 11 is 5.82.